The van der Waals surface area contributed by atoms with E-state index in [9.17, 15) is 8.42 Å². The van der Waals surface area contributed by atoms with Gasteiger partial charge in [0.2, 0.25) is 10.0 Å². The average Bonchev–Trinajstić information content (AvgIpc) is 3.11. The Morgan fingerprint density at radius 3 is 2.60 bits per heavy atom. The molecule has 0 bridgehead atoms. The normalized spacial score (nSPS) is 19.1. The number of benzene rings is 1. The van der Waals surface area contributed by atoms with Crippen LogP contribution in [0.15, 0.2) is 35.7 Å². The number of rotatable bonds is 7. The molecule has 1 heterocycles. The third kappa shape index (κ3) is 5.22. The van der Waals surface area contributed by atoms with E-state index in [2.05, 4.69) is 21.5 Å². The van der Waals surface area contributed by atoms with Gasteiger partial charge >= 0.3 is 0 Å². The van der Waals surface area contributed by atoms with Crippen LogP contribution in [-0.2, 0) is 29.4 Å². The van der Waals surface area contributed by atoms with Gasteiger partial charge in [0.25, 0.3) is 0 Å². The number of sulfonamides is 1. The average molecular weight is 428 g/mol. The number of hydrogen-bond acceptors (Lipinski definition) is 3. The minimum absolute atomic E-state index is 0.0236. The predicted octanol–water partition coefficient (Wildman–Crippen LogP) is 4.67. The van der Waals surface area contributed by atoms with Gasteiger partial charge in [-0.05, 0) is 63.0 Å². The van der Waals surface area contributed by atoms with Gasteiger partial charge in [-0.25, -0.2) is 13.1 Å². The van der Waals surface area contributed by atoms with Crippen LogP contribution in [-0.4, -0.2) is 24.2 Å². The molecule has 0 spiro atoms. The van der Waals surface area contributed by atoms with Crippen LogP contribution in [0.25, 0.3) is 6.08 Å². The number of aromatic nitrogens is 2. The Morgan fingerprint density at radius 1 is 1.10 bits per heavy atom. The second-order valence-electron chi connectivity index (χ2n) is 8.81. The summed E-state index contributed by atoms with van der Waals surface area (Å²) < 4.78 is 30.3. The summed E-state index contributed by atoms with van der Waals surface area (Å²) >= 11 is 0. The zero-order valence-electron chi connectivity index (χ0n) is 17.9. The largest absolute Gasteiger partial charge is 0.264 e. The van der Waals surface area contributed by atoms with E-state index in [1.165, 1.54) is 41.5 Å². The highest BCUT2D eigenvalue weighted by Gasteiger charge is 2.24. The summed E-state index contributed by atoms with van der Waals surface area (Å²) in [7, 11) is -3.48. The van der Waals surface area contributed by atoms with Gasteiger partial charge in [-0.3, -0.25) is 4.68 Å². The summed E-state index contributed by atoms with van der Waals surface area (Å²) in [5, 5.41) is 6.11. The van der Waals surface area contributed by atoms with E-state index in [1.54, 1.807) is 6.08 Å². The molecule has 30 heavy (non-hydrogen) atoms. The lowest BCUT2D eigenvalue weighted by Gasteiger charge is -2.27. The SMILES string of the molecule is C[C@@H](NS(=O)(=O)/C=C/c1nn(Cc2ccccc2)c2c1CCCC2)C1CCCCC1. The first-order chi connectivity index (χ1) is 14.5. The number of fused-ring (bicyclic) bond motifs is 1. The standard InChI is InChI=1S/C24H33N3O2S/c1-19(21-12-6-3-7-13-21)26-30(28,29)17-16-23-22-14-8-9-15-24(22)27(25-23)18-20-10-4-2-5-11-20/h2,4-5,10-11,16-17,19,21,26H,3,6-9,12-15,18H2,1H3/b17-16+/t19-/m1/s1. The molecule has 1 saturated carbocycles. The lowest BCUT2D eigenvalue weighted by Crippen LogP contribution is -2.37. The van der Waals surface area contributed by atoms with Gasteiger partial charge in [0.1, 0.15) is 0 Å². The molecular formula is C24H33N3O2S. The lowest BCUT2D eigenvalue weighted by atomic mass is 9.85. The van der Waals surface area contributed by atoms with Crippen LogP contribution < -0.4 is 4.72 Å². The number of nitrogens with one attached hydrogen (secondary N) is 1. The highest BCUT2D eigenvalue weighted by Crippen LogP contribution is 2.28. The molecule has 1 N–H and O–H groups in total. The molecule has 0 unspecified atom stereocenters. The van der Waals surface area contributed by atoms with Crippen LogP contribution in [0.2, 0.25) is 0 Å². The molecule has 1 aromatic carbocycles. The molecule has 5 nitrogen and oxygen atoms in total. The quantitative estimate of drug-likeness (QED) is 0.698. The first-order valence-electron chi connectivity index (χ1n) is 11.3. The Balaban J connectivity index is 1.51. The third-order valence-electron chi connectivity index (χ3n) is 6.58. The van der Waals surface area contributed by atoms with Crippen LogP contribution in [0, 0.1) is 5.92 Å². The monoisotopic (exact) mass is 427 g/mol. The Kier molecular flexibility index (Phi) is 6.74. The third-order valence-corrected chi connectivity index (χ3v) is 7.77. The summed E-state index contributed by atoms with van der Waals surface area (Å²) in [5.74, 6) is 0.444. The molecule has 6 heteroatoms. The molecule has 0 saturated heterocycles. The van der Waals surface area contributed by atoms with E-state index in [1.807, 2.05) is 25.1 Å². The van der Waals surface area contributed by atoms with Crippen molar-refractivity contribution in [2.75, 3.05) is 0 Å². The molecule has 0 amide bonds. The second-order valence-corrected chi connectivity index (χ2v) is 10.4. The summed E-state index contributed by atoms with van der Waals surface area (Å²) in [6.45, 7) is 2.72. The molecule has 2 aliphatic carbocycles. The van der Waals surface area contributed by atoms with Crippen LogP contribution in [0.4, 0.5) is 0 Å². The van der Waals surface area contributed by atoms with Crippen molar-refractivity contribution in [2.24, 2.45) is 5.92 Å². The van der Waals surface area contributed by atoms with Gasteiger partial charge in [0, 0.05) is 22.7 Å². The van der Waals surface area contributed by atoms with E-state index in [-0.39, 0.29) is 6.04 Å². The fraction of sp³-hybridized carbons (Fsp3) is 0.542. The lowest BCUT2D eigenvalue weighted by molar-refractivity contribution is 0.303. The zero-order chi connectivity index (χ0) is 21.0. The van der Waals surface area contributed by atoms with Gasteiger partial charge in [0.15, 0.2) is 0 Å². The molecule has 2 aromatic rings. The van der Waals surface area contributed by atoms with Crippen molar-refractivity contribution in [2.45, 2.75) is 77.3 Å². The van der Waals surface area contributed by atoms with Crippen molar-refractivity contribution in [1.82, 2.24) is 14.5 Å². The summed E-state index contributed by atoms with van der Waals surface area (Å²) in [5.41, 5.74) is 4.48. The smallest absolute Gasteiger partial charge is 0.234 e. The van der Waals surface area contributed by atoms with Crippen molar-refractivity contribution in [3.8, 4) is 0 Å². The van der Waals surface area contributed by atoms with Crippen molar-refractivity contribution in [1.29, 1.82) is 0 Å². The van der Waals surface area contributed by atoms with E-state index >= 15 is 0 Å². The van der Waals surface area contributed by atoms with Crippen LogP contribution >= 0.6 is 0 Å². The predicted molar refractivity (Wildman–Crippen MR) is 122 cm³/mol. The maximum Gasteiger partial charge on any atom is 0.234 e. The summed E-state index contributed by atoms with van der Waals surface area (Å²) in [6.07, 6.45) is 11.9. The second kappa shape index (κ2) is 9.48. The van der Waals surface area contributed by atoms with E-state index in [0.717, 1.165) is 50.8 Å². The van der Waals surface area contributed by atoms with Crippen molar-refractivity contribution < 1.29 is 8.42 Å². The Morgan fingerprint density at radius 2 is 1.83 bits per heavy atom. The van der Waals surface area contributed by atoms with Crippen molar-refractivity contribution in [3.63, 3.8) is 0 Å². The number of nitrogens with zero attached hydrogens (tertiary/aromatic N) is 2. The van der Waals surface area contributed by atoms with Gasteiger partial charge in [-0.1, -0.05) is 49.6 Å². The molecule has 1 aromatic heterocycles. The highest BCUT2D eigenvalue weighted by atomic mass is 32.2. The van der Waals surface area contributed by atoms with Gasteiger partial charge < -0.3 is 0 Å². The number of hydrogen-bond donors (Lipinski definition) is 1. The van der Waals surface area contributed by atoms with E-state index in [0.29, 0.717) is 5.92 Å². The molecule has 1 fully saturated rings. The van der Waals surface area contributed by atoms with Gasteiger partial charge in [-0.15, -0.1) is 0 Å². The van der Waals surface area contributed by atoms with Crippen molar-refractivity contribution in [3.05, 3.63) is 58.3 Å². The Labute approximate surface area is 180 Å². The van der Waals surface area contributed by atoms with Gasteiger partial charge in [0.05, 0.1) is 12.2 Å². The topological polar surface area (TPSA) is 64.0 Å². The minimum Gasteiger partial charge on any atom is -0.264 e. The summed E-state index contributed by atoms with van der Waals surface area (Å²) in [6, 6.07) is 10.3. The maximum absolute atomic E-state index is 12.7. The molecule has 0 aliphatic heterocycles. The van der Waals surface area contributed by atoms with Crippen LogP contribution in [0.1, 0.15) is 74.4 Å². The molecule has 0 radical (unpaired) electrons. The molecule has 2 aliphatic rings. The van der Waals surface area contributed by atoms with E-state index < -0.39 is 10.0 Å². The zero-order valence-corrected chi connectivity index (χ0v) is 18.7. The fourth-order valence-electron chi connectivity index (χ4n) is 4.90. The van der Waals surface area contributed by atoms with Crippen LogP contribution in [0.3, 0.4) is 0 Å². The highest BCUT2D eigenvalue weighted by molar-refractivity contribution is 7.92. The van der Waals surface area contributed by atoms with Crippen molar-refractivity contribution >= 4 is 16.1 Å². The first kappa shape index (κ1) is 21.3. The Hall–Kier alpha value is -1.92. The maximum atomic E-state index is 12.7. The van der Waals surface area contributed by atoms with Crippen LogP contribution in [0.5, 0.6) is 0 Å². The fourth-order valence-corrected chi connectivity index (χ4v) is 6.00. The van der Waals surface area contributed by atoms with Gasteiger partial charge in [-0.2, -0.15) is 5.10 Å². The first-order valence-corrected chi connectivity index (χ1v) is 12.9. The molecule has 4 rings (SSSR count). The molecule has 1 atom stereocenters. The molecular weight excluding hydrogens is 394 g/mol. The van der Waals surface area contributed by atoms with E-state index in [4.69, 9.17) is 5.10 Å². The Bertz CT molecular complexity index is 973. The summed E-state index contributed by atoms with van der Waals surface area (Å²) in [4.78, 5) is 0. The molecule has 162 valence electrons. The minimum atomic E-state index is -3.48.